The van der Waals surface area contributed by atoms with Crippen molar-refractivity contribution in [2.24, 2.45) is 4.99 Å². The molecule has 0 bridgehead atoms. The third-order valence-corrected chi connectivity index (χ3v) is 3.69. The number of aliphatic imine (C=N–C) groups is 1. The smallest absolute Gasteiger partial charge is 0.387 e. The van der Waals surface area contributed by atoms with Crippen LogP contribution in [0.1, 0.15) is 25.2 Å². The second-order valence-electron chi connectivity index (χ2n) is 5.37. The van der Waals surface area contributed by atoms with E-state index in [2.05, 4.69) is 30.6 Å². The molecule has 2 rings (SSSR count). The van der Waals surface area contributed by atoms with Crippen molar-refractivity contribution in [1.29, 1.82) is 0 Å². The predicted molar refractivity (Wildman–Crippen MR) is 112 cm³/mol. The van der Waals surface area contributed by atoms with E-state index in [0.29, 0.717) is 24.7 Å². The third kappa shape index (κ3) is 6.77. The lowest BCUT2D eigenvalue weighted by molar-refractivity contribution is -0.0520. The number of guanidine groups is 1. The SMILES string of the molecule is CCOc1cccc(CNC(=NC)NCc2nncn2CC)c1OC(F)F.I. The molecular formula is C17H25F2IN6O2. The van der Waals surface area contributed by atoms with Gasteiger partial charge in [0.05, 0.1) is 13.2 Å². The zero-order valence-electron chi connectivity index (χ0n) is 16.0. The monoisotopic (exact) mass is 510 g/mol. The number of benzene rings is 1. The summed E-state index contributed by atoms with van der Waals surface area (Å²) >= 11 is 0. The molecule has 1 aromatic heterocycles. The summed E-state index contributed by atoms with van der Waals surface area (Å²) in [6.07, 6.45) is 1.65. The van der Waals surface area contributed by atoms with E-state index in [1.165, 1.54) is 0 Å². The first-order valence-electron chi connectivity index (χ1n) is 8.59. The van der Waals surface area contributed by atoms with Crippen LogP contribution in [-0.2, 0) is 19.6 Å². The van der Waals surface area contributed by atoms with E-state index in [9.17, 15) is 8.78 Å². The molecule has 0 aliphatic carbocycles. The Bertz CT molecular complexity index is 757. The normalized spacial score (nSPS) is 11.1. The zero-order chi connectivity index (χ0) is 19.6. The first-order valence-corrected chi connectivity index (χ1v) is 8.59. The summed E-state index contributed by atoms with van der Waals surface area (Å²) in [6, 6.07) is 5.00. The first-order chi connectivity index (χ1) is 13.1. The summed E-state index contributed by atoms with van der Waals surface area (Å²) in [5.74, 6) is 1.55. The first kappa shape index (κ1) is 23.9. The Morgan fingerprint density at radius 2 is 2.00 bits per heavy atom. The van der Waals surface area contributed by atoms with Crippen molar-refractivity contribution in [2.45, 2.75) is 40.1 Å². The minimum absolute atomic E-state index is 0. The number of aromatic nitrogens is 3. The van der Waals surface area contributed by atoms with Crippen LogP contribution in [0.3, 0.4) is 0 Å². The van der Waals surface area contributed by atoms with Gasteiger partial charge in [-0.05, 0) is 19.9 Å². The van der Waals surface area contributed by atoms with Crippen LogP contribution >= 0.6 is 24.0 Å². The summed E-state index contributed by atoms with van der Waals surface area (Å²) in [4.78, 5) is 4.12. The number of nitrogens with one attached hydrogen (secondary N) is 2. The molecule has 0 fully saturated rings. The lowest BCUT2D eigenvalue weighted by atomic mass is 10.2. The predicted octanol–water partition coefficient (Wildman–Crippen LogP) is 2.78. The van der Waals surface area contributed by atoms with Crippen LogP contribution < -0.4 is 20.1 Å². The third-order valence-electron chi connectivity index (χ3n) is 3.69. The van der Waals surface area contributed by atoms with Gasteiger partial charge in [0, 0.05) is 25.7 Å². The number of ether oxygens (including phenoxy) is 2. The van der Waals surface area contributed by atoms with Gasteiger partial charge in [0.25, 0.3) is 0 Å². The molecule has 0 saturated heterocycles. The second-order valence-corrected chi connectivity index (χ2v) is 5.37. The average Bonchev–Trinajstić information content (AvgIpc) is 3.11. The maximum atomic E-state index is 12.8. The molecule has 28 heavy (non-hydrogen) atoms. The molecule has 8 nitrogen and oxygen atoms in total. The summed E-state index contributed by atoms with van der Waals surface area (Å²) in [7, 11) is 1.62. The van der Waals surface area contributed by atoms with Crippen molar-refractivity contribution < 1.29 is 18.3 Å². The van der Waals surface area contributed by atoms with Gasteiger partial charge in [0.1, 0.15) is 6.33 Å². The summed E-state index contributed by atoms with van der Waals surface area (Å²) in [5.41, 5.74) is 0.529. The van der Waals surface area contributed by atoms with Crippen molar-refractivity contribution in [1.82, 2.24) is 25.4 Å². The Kier molecular flexibility index (Phi) is 10.5. The number of hydrogen-bond donors (Lipinski definition) is 2. The van der Waals surface area contributed by atoms with Crippen molar-refractivity contribution in [3.63, 3.8) is 0 Å². The van der Waals surface area contributed by atoms with E-state index in [0.717, 1.165) is 12.4 Å². The van der Waals surface area contributed by atoms with Gasteiger partial charge in [-0.1, -0.05) is 12.1 Å². The highest BCUT2D eigenvalue weighted by Gasteiger charge is 2.16. The number of para-hydroxylation sites is 1. The van der Waals surface area contributed by atoms with Crippen LogP contribution in [0.2, 0.25) is 0 Å². The zero-order valence-corrected chi connectivity index (χ0v) is 18.3. The molecule has 1 heterocycles. The van der Waals surface area contributed by atoms with E-state index in [1.54, 1.807) is 38.5 Å². The highest BCUT2D eigenvalue weighted by molar-refractivity contribution is 14.0. The molecule has 0 amide bonds. The molecule has 2 N–H and O–H groups in total. The molecular weight excluding hydrogens is 485 g/mol. The second kappa shape index (κ2) is 12.3. The molecule has 0 aliphatic heterocycles. The molecule has 0 atom stereocenters. The maximum Gasteiger partial charge on any atom is 0.387 e. The number of nitrogens with zero attached hydrogens (tertiary/aromatic N) is 4. The minimum Gasteiger partial charge on any atom is -0.490 e. The van der Waals surface area contributed by atoms with E-state index in [1.807, 2.05) is 11.5 Å². The number of aryl methyl sites for hydroxylation is 1. The highest BCUT2D eigenvalue weighted by atomic mass is 127. The van der Waals surface area contributed by atoms with Gasteiger partial charge in [-0.15, -0.1) is 34.2 Å². The van der Waals surface area contributed by atoms with Crippen molar-refractivity contribution in [2.75, 3.05) is 13.7 Å². The fourth-order valence-corrected chi connectivity index (χ4v) is 2.43. The summed E-state index contributed by atoms with van der Waals surface area (Å²) < 4.78 is 37.5. The van der Waals surface area contributed by atoms with E-state index < -0.39 is 6.61 Å². The molecule has 2 aromatic rings. The van der Waals surface area contributed by atoms with Crippen molar-refractivity contribution in [3.8, 4) is 11.5 Å². The Balaban J connectivity index is 0.00000392. The Labute approximate surface area is 179 Å². The Morgan fingerprint density at radius 1 is 1.25 bits per heavy atom. The van der Waals surface area contributed by atoms with Crippen LogP contribution in [0, 0.1) is 0 Å². The maximum absolute atomic E-state index is 12.8. The summed E-state index contributed by atoms with van der Waals surface area (Å²) in [5, 5.41) is 14.1. The van der Waals surface area contributed by atoms with Crippen LogP contribution in [0.15, 0.2) is 29.5 Å². The molecule has 0 spiro atoms. The van der Waals surface area contributed by atoms with Crippen LogP contribution in [-0.4, -0.2) is 41.0 Å². The topological polar surface area (TPSA) is 85.6 Å². The van der Waals surface area contributed by atoms with E-state index in [-0.39, 0.29) is 42.0 Å². The summed E-state index contributed by atoms with van der Waals surface area (Å²) in [6.45, 7) is 2.58. The minimum atomic E-state index is -2.94. The van der Waals surface area contributed by atoms with Crippen molar-refractivity contribution in [3.05, 3.63) is 35.9 Å². The lowest BCUT2D eigenvalue weighted by Gasteiger charge is -2.17. The lowest BCUT2D eigenvalue weighted by Crippen LogP contribution is -2.37. The molecule has 0 saturated carbocycles. The van der Waals surface area contributed by atoms with Gasteiger partial charge in [-0.3, -0.25) is 4.99 Å². The van der Waals surface area contributed by atoms with Crippen LogP contribution in [0.4, 0.5) is 8.78 Å². The Morgan fingerprint density at radius 3 is 2.64 bits per heavy atom. The van der Waals surface area contributed by atoms with Gasteiger partial charge in [-0.25, -0.2) is 0 Å². The van der Waals surface area contributed by atoms with Crippen LogP contribution in [0.25, 0.3) is 0 Å². The van der Waals surface area contributed by atoms with E-state index in [4.69, 9.17) is 4.74 Å². The largest absolute Gasteiger partial charge is 0.490 e. The molecule has 0 unspecified atom stereocenters. The van der Waals surface area contributed by atoms with Gasteiger partial charge >= 0.3 is 6.61 Å². The van der Waals surface area contributed by atoms with E-state index >= 15 is 0 Å². The molecule has 0 aliphatic rings. The number of rotatable bonds is 9. The average molecular weight is 510 g/mol. The number of hydrogen-bond acceptors (Lipinski definition) is 5. The van der Waals surface area contributed by atoms with Crippen LogP contribution in [0.5, 0.6) is 11.5 Å². The number of halogens is 3. The number of alkyl halides is 2. The van der Waals surface area contributed by atoms with Gasteiger partial charge in [-0.2, -0.15) is 8.78 Å². The van der Waals surface area contributed by atoms with Gasteiger partial charge in [0.2, 0.25) is 0 Å². The molecule has 156 valence electrons. The van der Waals surface area contributed by atoms with Gasteiger partial charge < -0.3 is 24.7 Å². The fraction of sp³-hybridized carbons (Fsp3) is 0.471. The van der Waals surface area contributed by atoms with Gasteiger partial charge in [0.15, 0.2) is 23.3 Å². The highest BCUT2D eigenvalue weighted by Crippen LogP contribution is 2.32. The quantitative estimate of drug-likeness (QED) is 0.307. The molecule has 1 aromatic carbocycles. The molecule has 0 radical (unpaired) electrons. The molecule has 11 heteroatoms. The Hall–Kier alpha value is -2.18. The standard InChI is InChI=1S/C17H24F2N6O2.HI/c1-4-25-11-23-24-14(25)10-22-17(20-3)21-9-12-7-6-8-13(26-5-2)15(12)27-16(18)19;/h6-8,11,16H,4-5,9-10H2,1-3H3,(H2,20,21,22);1H. The fourth-order valence-electron chi connectivity index (χ4n) is 2.43. The van der Waals surface area contributed by atoms with Crippen molar-refractivity contribution >= 4 is 29.9 Å².